The van der Waals surface area contributed by atoms with Crippen LogP contribution in [0.2, 0.25) is 0 Å². The van der Waals surface area contributed by atoms with Crippen molar-refractivity contribution in [2.45, 2.75) is 0 Å². The highest BCUT2D eigenvalue weighted by atomic mass is 31.2. The topological polar surface area (TPSA) is 84.0 Å². The zero-order valence-electron chi connectivity index (χ0n) is 22.8. The van der Waals surface area contributed by atoms with Crippen molar-refractivity contribution in [2.75, 3.05) is 10.2 Å². The molecular formula is C34H30N4O2P2. The lowest BCUT2D eigenvalue weighted by atomic mass is 10.4. The van der Waals surface area contributed by atoms with Crippen LogP contribution in [0.15, 0.2) is 170 Å². The van der Waals surface area contributed by atoms with Gasteiger partial charge in [-0.15, -0.1) is 0 Å². The molecular weight excluding hydrogens is 558 g/mol. The van der Waals surface area contributed by atoms with E-state index in [9.17, 15) is 9.13 Å². The molecule has 0 unspecified atom stereocenters. The molecule has 0 saturated carbocycles. The summed E-state index contributed by atoms with van der Waals surface area (Å²) in [6, 6.07) is 48.9. The van der Waals surface area contributed by atoms with Crippen molar-refractivity contribution in [1.29, 1.82) is 0 Å². The van der Waals surface area contributed by atoms with E-state index in [1.165, 1.54) is 0 Å². The molecule has 6 rings (SSSR count). The maximum Gasteiger partial charge on any atom is 0.228 e. The summed E-state index contributed by atoms with van der Waals surface area (Å²) in [5, 5.41) is 9.33. The summed E-state index contributed by atoms with van der Waals surface area (Å²) >= 11 is 0. The summed E-state index contributed by atoms with van der Waals surface area (Å²) in [5.41, 5.74) is 0. The molecule has 2 aromatic heterocycles. The average molecular weight is 589 g/mol. The normalized spacial score (nSPS) is 11.0. The van der Waals surface area contributed by atoms with Crippen molar-refractivity contribution in [3.8, 4) is 0 Å². The standard InChI is InChI=1S/2C17H15N2OP/c2*20-21(15-9-3-1-4-10-15,16-11-5-2-6-12-16)19-17-13-7-8-14-18-17/h2*1-14H,(H,18,19,20). The summed E-state index contributed by atoms with van der Waals surface area (Å²) in [6.45, 7) is 0. The highest BCUT2D eigenvalue weighted by Crippen LogP contribution is 2.43. The molecule has 208 valence electrons. The van der Waals surface area contributed by atoms with Crippen molar-refractivity contribution in [3.63, 3.8) is 0 Å². The van der Waals surface area contributed by atoms with Gasteiger partial charge in [0.05, 0.1) is 0 Å². The Kier molecular flexibility index (Phi) is 9.41. The molecule has 0 aliphatic carbocycles. The fourth-order valence-corrected chi connectivity index (χ4v) is 8.68. The fourth-order valence-electron chi connectivity index (χ4n) is 4.29. The summed E-state index contributed by atoms with van der Waals surface area (Å²) in [5.74, 6) is 1.21. The molecule has 0 spiro atoms. The van der Waals surface area contributed by atoms with Crippen molar-refractivity contribution in [1.82, 2.24) is 9.97 Å². The lowest BCUT2D eigenvalue weighted by Crippen LogP contribution is -2.21. The second kappa shape index (κ2) is 13.7. The summed E-state index contributed by atoms with van der Waals surface area (Å²) in [4.78, 5) is 8.46. The molecule has 6 nitrogen and oxygen atoms in total. The number of aromatic nitrogens is 2. The van der Waals surface area contributed by atoms with Gasteiger partial charge in [-0.3, -0.25) is 9.13 Å². The minimum Gasteiger partial charge on any atom is -0.314 e. The Balaban J connectivity index is 0.000000168. The van der Waals surface area contributed by atoms with Crippen LogP contribution in [0, 0.1) is 0 Å². The monoisotopic (exact) mass is 588 g/mol. The number of rotatable bonds is 8. The van der Waals surface area contributed by atoms with Crippen molar-refractivity contribution in [2.24, 2.45) is 0 Å². The zero-order valence-corrected chi connectivity index (χ0v) is 24.6. The Bertz CT molecular complexity index is 1540. The fraction of sp³-hybridized carbons (Fsp3) is 0. The van der Waals surface area contributed by atoms with Crippen LogP contribution in [0.5, 0.6) is 0 Å². The molecule has 0 bridgehead atoms. The second-order valence-electron chi connectivity index (χ2n) is 9.21. The van der Waals surface area contributed by atoms with Crippen molar-refractivity contribution in [3.05, 3.63) is 170 Å². The highest BCUT2D eigenvalue weighted by Gasteiger charge is 2.28. The maximum atomic E-state index is 13.6. The van der Waals surface area contributed by atoms with Gasteiger partial charge in [0.15, 0.2) is 0 Å². The molecule has 0 aliphatic rings. The first kappa shape index (κ1) is 28.8. The van der Waals surface area contributed by atoms with Crippen LogP contribution in [-0.4, -0.2) is 9.97 Å². The maximum absolute atomic E-state index is 13.6. The van der Waals surface area contributed by atoms with Crippen LogP contribution in [0.25, 0.3) is 0 Å². The van der Waals surface area contributed by atoms with Gasteiger partial charge in [0.1, 0.15) is 11.6 Å². The van der Waals surface area contributed by atoms with Crippen LogP contribution < -0.4 is 31.4 Å². The van der Waals surface area contributed by atoms with Crippen molar-refractivity contribution >= 4 is 47.4 Å². The molecule has 0 atom stereocenters. The first-order valence-electron chi connectivity index (χ1n) is 13.4. The van der Waals surface area contributed by atoms with E-state index in [-0.39, 0.29) is 0 Å². The van der Waals surface area contributed by atoms with E-state index in [0.29, 0.717) is 11.6 Å². The summed E-state index contributed by atoms with van der Waals surface area (Å²) < 4.78 is 27.3. The van der Waals surface area contributed by atoms with E-state index in [1.807, 2.05) is 158 Å². The quantitative estimate of drug-likeness (QED) is 0.189. The molecule has 0 aliphatic heterocycles. The van der Waals surface area contributed by atoms with Crippen LogP contribution in [0.1, 0.15) is 0 Å². The van der Waals surface area contributed by atoms with E-state index in [1.54, 1.807) is 12.4 Å². The van der Waals surface area contributed by atoms with E-state index in [4.69, 9.17) is 0 Å². The smallest absolute Gasteiger partial charge is 0.228 e. The van der Waals surface area contributed by atoms with Crippen LogP contribution in [0.3, 0.4) is 0 Å². The zero-order chi connectivity index (χ0) is 29.1. The Hall–Kier alpha value is -4.76. The van der Waals surface area contributed by atoms with E-state index < -0.39 is 14.6 Å². The third-order valence-electron chi connectivity index (χ3n) is 6.35. The van der Waals surface area contributed by atoms with Crippen molar-refractivity contribution < 1.29 is 9.13 Å². The molecule has 8 heteroatoms. The predicted octanol–water partition coefficient (Wildman–Crippen LogP) is 6.85. The number of nitrogens with zero attached hydrogens (tertiary/aromatic N) is 2. The average Bonchev–Trinajstić information content (AvgIpc) is 3.07. The van der Waals surface area contributed by atoms with E-state index >= 15 is 0 Å². The molecule has 0 amide bonds. The van der Waals surface area contributed by atoms with Gasteiger partial charge < -0.3 is 10.2 Å². The van der Waals surface area contributed by atoms with Gasteiger partial charge in [0, 0.05) is 33.6 Å². The molecule has 42 heavy (non-hydrogen) atoms. The minimum atomic E-state index is -2.96. The lowest BCUT2D eigenvalue weighted by molar-refractivity contribution is 0.589. The Morgan fingerprint density at radius 2 is 0.619 bits per heavy atom. The summed E-state index contributed by atoms with van der Waals surface area (Å²) in [7, 11) is -5.92. The molecule has 2 N–H and O–H groups in total. The highest BCUT2D eigenvalue weighted by molar-refractivity contribution is 7.80. The minimum absolute atomic E-state index is 0.605. The van der Waals surface area contributed by atoms with Gasteiger partial charge >= 0.3 is 0 Å². The second-order valence-corrected chi connectivity index (χ2v) is 14.2. The number of hydrogen-bond donors (Lipinski definition) is 2. The first-order chi connectivity index (χ1) is 20.6. The molecule has 0 fully saturated rings. The van der Waals surface area contributed by atoms with Gasteiger partial charge in [0.25, 0.3) is 0 Å². The van der Waals surface area contributed by atoms with E-state index in [2.05, 4.69) is 20.1 Å². The predicted molar refractivity (Wildman–Crippen MR) is 175 cm³/mol. The Morgan fingerprint density at radius 1 is 0.357 bits per heavy atom. The van der Waals surface area contributed by atoms with Crippen LogP contribution in [0.4, 0.5) is 11.6 Å². The molecule has 0 saturated heterocycles. The Labute approximate surface area is 246 Å². The van der Waals surface area contributed by atoms with Crippen LogP contribution in [-0.2, 0) is 9.13 Å². The van der Waals surface area contributed by atoms with Gasteiger partial charge in [0.2, 0.25) is 14.6 Å². The molecule has 2 heterocycles. The van der Waals surface area contributed by atoms with Gasteiger partial charge in [-0.05, 0) is 72.8 Å². The molecule has 6 aromatic rings. The number of benzene rings is 4. The number of hydrogen-bond acceptors (Lipinski definition) is 4. The number of nitrogens with one attached hydrogen (secondary N) is 2. The number of pyridine rings is 2. The molecule has 0 radical (unpaired) electrons. The SMILES string of the molecule is O=P(Nc1ccccn1)(c1ccccc1)c1ccccc1.O=P(Nc1ccccn1)(c1ccccc1)c1ccccc1. The van der Waals surface area contributed by atoms with Gasteiger partial charge in [-0.1, -0.05) is 84.9 Å². The lowest BCUT2D eigenvalue weighted by Gasteiger charge is -2.20. The van der Waals surface area contributed by atoms with Gasteiger partial charge in [-0.25, -0.2) is 9.97 Å². The Morgan fingerprint density at radius 3 is 0.857 bits per heavy atom. The van der Waals surface area contributed by atoms with E-state index in [0.717, 1.165) is 21.2 Å². The molecule has 4 aromatic carbocycles. The first-order valence-corrected chi connectivity index (χ1v) is 16.8. The summed E-state index contributed by atoms with van der Waals surface area (Å²) in [6.07, 6.45) is 3.37. The third kappa shape index (κ3) is 6.92. The largest absolute Gasteiger partial charge is 0.314 e. The number of anilines is 2. The van der Waals surface area contributed by atoms with Gasteiger partial charge in [-0.2, -0.15) is 0 Å². The van der Waals surface area contributed by atoms with Crippen LogP contribution >= 0.6 is 14.6 Å². The third-order valence-corrected chi connectivity index (χ3v) is 11.5.